The smallest absolute Gasteiger partial charge is 0.303 e. The summed E-state index contributed by atoms with van der Waals surface area (Å²) in [5, 5.41) is 2.04. The standard InChI is InChI=1S/C17H29NO2S/c1-4-6-11-18(12-7-5-2)13-10-16(20-15(3)19)17-9-8-14-21-17/h8-9,14,16H,4-7,10-13H2,1-3H3. The summed E-state index contributed by atoms with van der Waals surface area (Å²) in [6.45, 7) is 9.24. The number of hydrogen-bond donors (Lipinski definition) is 0. The third-order valence-electron chi connectivity index (χ3n) is 3.53. The molecule has 120 valence electrons. The van der Waals surface area contributed by atoms with Crippen LogP contribution >= 0.6 is 11.3 Å². The Hall–Kier alpha value is -0.870. The molecule has 21 heavy (non-hydrogen) atoms. The minimum absolute atomic E-state index is 0.0896. The molecule has 4 heteroatoms. The zero-order chi connectivity index (χ0) is 15.5. The Balaban J connectivity index is 2.53. The highest BCUT2D eigenvalue weighted by Gasteiger charge is 2.17. The molecule has 0 saturated carbocycles. The monoisotopic (exact) mass is 311 g/mol. The Morgan fingerprint density at radius 3 is 2.38 bits per heavy atom. The van der Waals surface area contributed by atoms with E-state index in [1.54, 1.807) is 11.3 Å². The van der Waals surface area contributed by atoms with Crippen molar-refractivity contribution in [3.05, 3.63) is 22.4 Å². The average molecular weight is 311 g/mol. The molecule has 0 aromatic carbocycles. The summed E-state index contributed by atoms with van der Waals surface area (Å²) in [6, 6.07) is 4.07. The number of hydrogen-bond acceptors (Lipinski definition) is 4. The summed E-state index contributed by atoms with van der Waals surface area (Å²) in [6.07, 6.45) is 5.71. The lowest BCUT2D eigenvalue weighted by atomic mass is 10.2. The van der Waals surface area contributed by atoms with Crippen molar-refractivity contribution in [2.24, 2.45) is 0 Å². The van der Waals surface area contributed by atoms with Crippen LogP contribution in [0.4, 0.5) is 0 Å². The van der Waals surface area contributed by atoms with Gasteiger partial charge in [-0.1, -0.05) is 32.8 Å². The van der Waals surface area contributed by atoms with E-state index >= 15 is 0 Å². The van der Waals surface area contributed by atoms with E-state index in [2.05, 4.69) is 24.8 Å². The van der Waals surface area contributed by atoms with Crippen LogP contribution in [0.2, 0.25) is 0 Å². The first-order chi connectivity index (χ1) is 10.2. The van der Waals surface area contributed by atoms with Gasteiger partial charge in [-0.05, 0) is 37.4 Å². The predicted molar refractivity (Wildman–Crippen MR) is 89.7 cm³/mol. The molecule has 0 bridgehead atoms. The number of nitrogens with zero attached hydrogens (tertiary/aromatic N) is 1. The van der Waals surface area contributed by atoms with Crippen molar-refractivity contribution < 1.29 is 9.53 Å². The van der Waals surface area contributed by atoms with Crippen LogP contribution in [0.3, 0.4) is 0 Å². The van der Waals surface area contributed by atoms with Gasteiger partial charge in [0.2, 0.25) is 0 Å². The second kappa shape index (κ2) is 10.8. The topological polar surface area (TPSA) is 29.5 Å². The Bertz CT molecular complexity index is 370. The molecule has 1 rings (SSSR count). The van der Waals surface area contributed by atoms with E-state index in [1.807, 2.05) is 11.4 Å². The number of rotatable bonds is 11. The maximum atomic E-state index is 11.3. The van der Waals surface area contributed by atoms with Crippen LogP contribution in [0.1, 0.15) is 63.9 Å². The molecule has 0 saturated heterocycles. The fourth-order valence-electron chi connectivity index (χ4n) is 2.33. The highest BCUT2D eigenvalue weighted by molar-refractivity contribution is 7.10. The van der Waals surface area contributed by atoms with E-state index < -0.39 is 0 Å². The molecule has 1 atom stereocenters. The van der Waals surface area contributed by atoms with Crippen LogP contribution in [0.25, 0.3) is 0 Å². The lowest BCUT2D eigenvalue weighted by molar-refractivity contribution is -0.147. The molecule has 1 unspecified atom stereocenters. The van der Waals surface area contributed by atoms with Gasteiger partial charge >= 0.3 is 5.97 Å². The fourth-order valence-corrected chi connectivity index (χ4v) is 3.12. The van der Waals surface area contributed by atoms with Crippen molar-refractivity contribution in [2.75, 3.05) is 19.6 Å². The summed E-state index contributed by atoms with van der Waals surface area (Å²) in [7, 11) is 0. The van der Waals surface area contributed by atoms with Crippen molar-refractivity contribution in [2.45, 2.75) is 59.0 Å². The second-order valence-corrected chi connectivity index (χ2v) is 6.43. The van der Waals surface area contributed by atoms with Crippen LogP contribution < -0.4 is 0 Å². The van der Waals surface area contributed by atoms with E-state index in [-0.39, 0.29) is 12.1 Å². The maximum Gasteiger partial charge on any atom is 0.303 e. The molecule has 0 amide bonds. The van der Waals surface area contributed by atoms with Gasteiger partial charge in [-0.15, -0.1) is 11.3 Å². The first kappa shape index (κ1) is 18.2. The SMILES string of the molecule is CCCCN(CCCC)CCC(OC(C)=O)c1cccs1. The van der Waals surface area contributed by atoms with Crippen LogP contribution in [0, 0.1) is 0 Å². The summed E-state index contributed by atoms with van der Waals surface area (Å²) in [4.78, 5) is 15.0. The fraction of sp³-hybridized carbons (Fsp3) is 0.706. The molecule has 0 fully saturated rings. The van der Waals surface area contributed by atoms with Crippen molar-refractivity contribution in [1.82, 2.24) is 4.90 Å². The van der Waals surface area contributed by atoms with E-state index in [9.17, 15) is 4.79 Å². The molecular weight excluding hydrogens is 282 g/mol. The quantitative estimate of drug-likeness (QED) is 0.557. The first-order valence-electron chi connectivity index (χ1n) is 8.10. The van der Waals surface area contributed by atoms with Crippen LogP contribution in [-0.2, 0) is 9.53 Å². The average Bonchev–Trinajstić information content (AvgIpc) is 2.98. The molecular formula is C17H29NO2S. The van der Waals surface area contributed by atoms with Gasteiger partial charge < -0.3 is 9.64 Å². The summed E-state index contributed by atoms with van der Waals surface area (Å²) >= 11 is 1.66. The molecule has 0 aliphatic heterocycles. The van der Waals surface area contributed by atoms with E-state index in [0.717, 1.165) is 30.9 Å². The maximum absolute atomic E-state index is 11.3. The largest absolute Gasteiger partial charge is 0.457 e. The molecule has 3 nitrogen and oxygen atoms in total. The zero-order valence-electron chi connectivity index (χ0n) is 13.6. The highest BCUT2D eigenvalue weighted by atomic mass is 32.1. The summed E-state index contributed by atoms with van der Waals surface area (Å²) in [5.41, 5.74) is 0. The van der Waals surface area contributed by atoms with Crippen LogP contribution in [0.5, 0.6) is 0 Å². The Kier molecular flexibility index (Phi) is 9.35. The van der Waals surface area contributed by atoms with Gasteiger partial charge in [-0.3, -0.25) is 4.79 Å². The van der Waals surface area contributed by atoms with Gasteiger partial charge in [0, 0.05) is 24.8 Å². The molecule has 0 radical (unpaired) electrons. The van der Waals surface area contributed by atoms with E-state index in [0.29, 0.717) is 0 Å². The van der Waals surface area contributed by atoms with Crippen molar-refractivity contribution >= 4 is 17.3 Å². The van der Waals surface area contributed by atoms with Gasteiger partial charge in [0.1, 0.15) is 6.10 Å². The number of carbonyl (C=O) groups excluding carboxylic acids is 1. The van der Waals surface area contributed by atoms with Crippen molar-refractivity contribution in [3.8, 4) is 0 Å². The third-order valence-corrected chi connectivity index (χ3v) is 4.50. The molecule has 0 N–H and O–H groups in total. The molecule has 0 aliphatic rings. The molecule has 1 aromatic heterocycles. The lowest BCUT2D eigenvalue weighted by Gasteiger charge is -2.24. The Labute approximate surface area is 133 Å². The molecule has 0 spiro atoms. The summed E-state index contributed by atoms with van der Waals surface area (Å²) < 4.78 is 5.50. The number of esters is 1. The van der Waals surface area contributed by atoms with Crippen molar-refractivity contribution in [1.29, 1.82) is 0 Å². The highest BCUT2D eigenvalue weighted by Crippen LogP contribution is 2.26. The van der Waals surface area contributed by atoms with Gasteiger partial charge in [-0.25, -0.2) is 0 Å². The van der Waals surface area contributed by atoms with Gasteiger partial charge in [-0.2, -0.15) is 0 Å². The number of carbonyl (C=O) groups is 1. The van der Waals surface area contributed by atoms with Gasteiger partial charge in [0.15, 0.2) is 0 Å². The number of unbranched alkanes of at least 4 members (excludes halogenated alkanes) is 2. The first-order valence-corrected chi connectivity index (χ1v) is 8.98. The zero-order valence-corrected chi connectivity index (χ0v) is 14.5. The molecule has 0 aliphatic carbocycles. The van der Waals surface area contributed by atoms with E-state index in [4.69, 9.17) is 4.74 Å². The normalized spacial score (nSPS) is 12.6. The minimum atomic E-state index is -0.193. The minimum Gasteiger partial charge on any atom is -0.457 e. The van der Waals surface area contributed by atoms with Crippen LogP contribution in [0.15, 0.2) is 17.5 Å². The second-order valence-electron chi connectivity index (χ2n) is 5.45. The number of thiophene rings is 1. The Morgan fingerprint density at radius 1 is 1.24 bits per heavy atom. The van der Waals surface area contributed by atoms with Gasteiger partial charge in [0.05, 0.1) is 0 Å². The molecule has 1 heterocycles. The summed E-state index contributed by atoms with van der Waals surface area (Å²) in [5.74, 6) is -0.193. The molecule has 1 aromatic rings. The van der Waals surface area contributed by atoms with E-state index in [1.165, 1.54) is 32.6 Å². The third kappa shape index (κ3) is 7.63. The van der Waals surface area contributed by atoms with Gasteiger partial charge in [0.25, 0.3) is 0 Å². The van der Waals surface area contributed by atoms with Crippen molar-refractivity contribution in [3.63, 3.8) is 0 Å². The lowest BCUT2D eigenvalue weighted by Crippen LogP contribution is -2.28. The predicted octanol–water partition coefficient (Wildman–Crippen LogP) is 4.64. The number of ether oxygens (including phenoxy) is 1. The van der Waals surface area contributed by atoms with Crippen LogP contribution in [-0.4, -0.2) is 30.5 Å². The Morgan fingerprint density at radius 2 is 1.90 bits per heavy atom.